The van der Waals surface area contributed by atoms with Gasteiger partial charge in [0.25, 0.3) is 0 Å². The van der Waals surface area contributed by atoms with E-state index in [1.165, 1.54) is 0 Å². The molecule has 1 aliphatic carbocycles. The number of rotatable bonds is 3. The third kappa shape index (κ3) is 2.78. The molecule has 0 saturated heterocycles. The first-order chi connectivity index (χ1) is 7.90. The fraction of sp³-hybridized carbons (Fsp3) is 0.182. The lowest BCUT2D eigenvalue weighted by Crippen LogP contribution is -2.19. The van der Waals surface area contributed by atoms with E-state index in [1.54, 1.807) is 0 Å². The van der Waals surface area contributed by atoms with Crippen molar-refractivity contribution in [3.05, 3.63) is 20.7 Å². The number of carbonyl (C=O) groups excluding carboxylic acids is 3. The van der Waals surface area contributed by atoms with Crippen molar-refractivity contribution < 1.29 is 14.4 Å². The smallest absolute Gasteiger partial charge is 0.217 e. The third-order valence-electron chi connectivity index (χ3n) is 2.00. The summed E-state index contributed by atoms with van der Waals surface area (Å²) in [5, 5.41) is -1.24. The number of hydrogen-bond acceptors (Lipinski definition) is 3. The topological polar surface area (TPSA) is 51.2 Å². The van der Waals surface area contributed by atoms with Gasteiger partial charge in [-0.15, -0.1) is 6.42 Å². The van der Waals surface area contributed by atoms with Crippen LogP contribution >= 0.6 is 34.8 Å². The van der Waals surface area contributed by atoms with Gasteiger partial charge in [-0.25, -0.2) is 0 Å². The molecule has 0 aliphatic heterocycles. The summed E-state index contributed by atoms with van der Waals surface area (Å²) < 4.78 is 0. The second-order valence-corrected chi connectivity index (χ2v) is 4.31. The Bertz CT molecular complexity index is 521. The number of carbonyl (C=O) groups is 3. The number of halogens is 3. The second kappa shape index (κ2) is 5.50. The minimum absolute atomic E-state index is 0.149. The Hall–Kier alpha value is -1.08. The van der Waals surface area contributed by atoms with E-state index in [0.29, 0.717) is 0 Å². The minimum atomic E-state index is -0.763. The highest BCUT2D eigenvalue weighted by molar-refractivity contribution is 6.64. The summed E-state index contributed by atoms with van der Waals surface area (Å²) in [5.74, 6) is 0.258. The average molecular weight is 292 g/mol. The molecule has 0 N–H and O–H groups in total. The maximum atomic E-state index is 11.7. The van der Waals surface area contributed by atoms with Crippen molar-refractivity contribution in [2.24, 2.45) is 0 Å². The Kier molecular flexibility index (Phi) is 4.53. The van der Waals surface area contributed by atoms with Crippen LogP contribution in [0.3, 0.4) is 0 Å². The molecule has 3 nitrogen and oxygen atoms in total. The van der Waals surface area contributed by atoms with Crippen molar-refractivity contribution in [2.45, 2.75) is 12.8 Å². The van der Waals surface area contributed by atoms with Gasteiger partial charge in [-0.05, 0) is 0 Å². The van der Waals surface area contributed by atoms with Crippen molar-refractivity contribution in [2.75, 3.05) is 0 Å². The molecule has 17 heavy (non-hydrogen) atoms. The number of terminal acetylenes is 1. The normalized spacial score (nSPS) is 16.4. The fourth-order valence-electron chi connectivity index (χ4n) is 1.20. The van der Waals surface area contributed by atoms with Gasteiger partial charge in [-0.1, -0.05) is 40.7 Å². The van der Waals surface area contributed by atoms with Gasteiger partial charge in [0.1, 0.15) is 15.8 Å². The molecule has 0 amide bonds. The largest absolute Gasteiger partial charge is 0.298 e. The van der Waals surface area contributed by atoms with Crippen molar-refractivity contribution in [3.8, 4) is 12.3 Å². The lowest BCUT2D eigenvalue weighted by Gasteiger charge is -2.13. The summed E-state index contributed by atoms with van der Waals surface area (Å²) in [7, 11) is 0. The Morgan fingerprint density at radius 1 is 1.06 bits per heavy atom. The predicted octanol–water partition coefficient (Wildman–Crippen LogP) is 2.30. The fourth-order valence-corrected chi connectivity index (χ4v) is 1.87. The number of allylic oxidation sites excluding steroid dienone is 4. The maximum Gasteiger partial charge on any atom is 0.217 e. The van der Waals surface area contributed by atoms with E-state index in [1.807, 2.05) is 0 Å². The molecule has 0 radical (unpaired) electrons. The highest BCUT2D eigenvalue weighted by atomic mass is 35.5. The molecule has 1 rings (SSSR count). The van der Waals surface area contributed by atoms with Crippen LogP contribution in [-0.4, -0.2) is 17.3 Å². The zero-order valence-electron chi connectivity index (χ0n) is 8.35. The highest BCUT2D eigenvalue weighted by Gasteiger charge is 2.32. The molecule has 0 unspecified atom stereocenters. The summed E-state index contributed by atoms with van der Waals surface area (Å²) in [6.07, 6.45) is 4.48. The van der Waals surface area contributed by atoms with Gasteiger partial charge in [0, 0.05) is 12.0 Å². The van der Waals surface area contributed by atoms with Crippen LogP contribution < -0.4 is 0 Å². The van der Waals surface area contributed by atoms with Crippen LogP contribution in [0.15, 0.2) is 20.7 Å². The van der Waals surface area contributed by atoms with E-state index in [2.05, 4.69) is 5.92 Å². The molecule has 0 aromatic rings. The summed E-state index contributed by atoms with van der Waals surface area (Å²) >= 11 is 16.7. The Morgan fingerprint density at radius 2 is 1.59 bits per heavy atom. The molecule has 0 fully saturated rings. The highest BCUT2D eigenvalue weighted by Crippen LogP contribution is 2.32. The second-order valence-electron chi connectivity index (χ2n) is 3.18. The minimum Gasteiger partial charge on any atom is -0.298 e. The van der Waals surface area contributed by atoms with Crippen molar-refractivity contribution in [1.82, 2.24) is 0 Å². The predicted molar refractivity (Wildman–Crippen MR) is 64.7 cm³/mol. The standard InChI is InChI=1S/C11H5Cl3O3/c1-2-3-5(15)4-6-7(12)11(17)9(14)8(13)10(6)16/h1H,3-4H2. The molecule has 0 bridgehead atoms. The molecule has 0 atom stereocenters. The molecule has 0 aromatic carbocycles. The summed E-state index contributed by atoms with van der Waals surface area (Å²) in [5.41, 5.74) is -0.161. The van der Waals surface area contributed by atoms with Gasteiger partial charge in [-0.2, -0.15) is 0 Å². The van der Waals surface area contributed by atoms with Crippen LogP contribution in [0.5, 0.6) is 0 Å². The van der Waals surface area contributed by atoms with E-state index in [9.17, 15) is 14.4 Å². The Morgan fingerprint density at radius 3 is 2.12 bits per heavy atom. The number of hydrogen-bond donors (Lipinski definition) is 0. The molecule has 88 valence electrons. The van der Waals surface area contributed by atoms with E-state index in [-0.39, 0.29) is 23.4 Å². The first-order valence-corrected chi connectivity index (χ1v) is 5.52. The monoisotopic (exact) mass is 290 g/mol. The number of ketones is 3. The van der Waals surface area contributed by atoms with E-state index in [4.69, 9.17) is 41.2 Å². The van der Waals surface area contributed by atoms with Crippen LogP contribution in [0.1, 0.15) is 12.8 Å². The van der Waals surface area contributed by atoms with Crippen LogP contribution in [0.4, 0.5) is 0 Å². The van der Waals surface area contributed by atoms with Crippen molar-refractivity contribution in [3.63, 3.8) is 0 Å². The summed E-state index contributed by atoms with van der Waals surface area (Å²) in [4.78, 5) is 34.4. The summed E-state index contributed by atoms with van der Waals surface area (Å²) in [6, 6.07) is 0. The quantitative estimate of drug-likeness (QED) is 0.592. The molecule has 0 aromatic heterocycles. The Labute approximate surface area is 112 Å². The molecule has 6 heteroatoms. The third-order valence-corrected chi connectivity index (χ3v) is 3.22. The molecule has 0 heterocycles. The molecule has 1 aliphatic rings. The van der Waals surface area contributed by atoms with Crippen LogP contribution in [0.2, 0.25) is 0 Å². The van der Waals surface area contributed by atoms with Gasteiger partial charge in [-0.3, -0.25) is 14.4 Å². The van der Waals surface area contributed by atoms with E-state index >= 15 is 0 Å². The van der Waals surface area contributed by atoms with Gasteiger partial charge >= 0.3 is 0 Å². The molecular weight excluding hydrogens is 286 g/mol. The van der Waals surface area contributed by atoms with Crippen molar-refractivity contribution >= 4 is 52.2 Å². The van der Waals surface area contributed by atoms with Gasteiger partial charge in [0.05, 0.1) is 11.5 Å². The number of Topliss-reactive ketones (excluding diaryl/α,β-unsaturated/α-hetero) is 3. The van der Waals surface area contributed by atoms with Crippen LogP contribution in [0, 0.1) is 12.3 Å². The molecule has 0 spiro atoms. The zero-order chi connectivity index (χ0) is 13.2. The molecular formula is C11H5Cl3O3. The first kappa shape index (κ1) is 14.0. The van der Waals surface area contributed by atoms with E-state index < -0.39 is 27.4 Å². The zero-order valence-corrected chi connectivity index (χ0v) is 10.6. The SMILES string of the molecule is C#CCC(=O)CC1=C(Cl)C(=O)C(Cl)=C(Cl)C1=O. The van der Waals surface area contributed by atoms with Gasteiger partial charge in [0.2, 0.25) is 11.6 Å². The van der Waals surface area contributed by atoms with E-state index in [0.717, 1.165) is 0 Å². The Balaban J connectivity index is 3.08. The van der Waals surface area contributed by atoms with Crippen molar-refractivity contribution in [1.29, 1.82) is 0 Å². The molecule has 0 saturated carbocycles. The van der Waals surface area contributed by atoms with Crippen LogP contribution in [0.25, 0.3) is 0 Å². The lowest BCUT2D eigenvalue weighted by atomic mass is 9.97. The maximum absolute atomic E-state index is 11.7. The first-order valence-electron chi connectivity index (χ1n) is 4.38. The lowest BCUT2D eigenvalue weighted by molar-refractivity contribution is -0.119. The average Bonchev–Trinajstić information content (AvgIpc) is 2.30. The van der Waals surface area contributed by atoms with Crippen LogP contribution in [-0.2, 0) is 14.4 Å². The van der Waals surface area contributed by atoms with Gasteiger partial charge in [0.15, 0.2) is 0 Å². The van der Waals surface area contributed by atoms with Gasteiger partial charge < -0.3 is 0 Å². The summed E-state index contributed by atoms with van der Waals surface area (Å²) in [6.45, 7) is 0.